The van der Waals surface area contributed by atoms with Crippen LogP contribution >= 0.6 is 15.9 Å². The van der Waals surface area contributed by atoms with Gasteiger partial charge in [-0.2, -0.15) is 5.26 Å². The molecule has 0 spiro atoms. The summed E-state index contributed by atoms with van der Waals surface area (Å²) < 4.78 is 6.31. The average molecular weight is 542 g/mol. The van der Waals surface area contributed by atoms with E-state index in [1.54, 1.807) is 52.3 Å². The second-order valence-electron chi connectivity index (χ2n) is 8.32. The van der Waals surface area contributed by atoms with Gasteiger partial charge in [0.1, 0.15) is 11.8 Å². The first-order valence-corrected chi connectivity index (χ1v) is 11.9. The summed E-state index contributed by atoms with van der Waals surface area (Å²) in [5, 5.41) is 15.2. The van der Waals surface area contributed by atoms with E-state index in [0.717, 1.165) is 10.0 Å². The first-order chi connectivity index (χ1) is 16.6. The van der Waals surface area contributed by atoms with Crippen LogP contribution in [0, 0.1) is 11.3 Å². The van der Waals surface area contributed by atoms with Gasteiger partial charge in [-0.1, -0.05) is 15.9 Å². The molecule has 0 bridgehead atoms. The van der Waals surface area contributed by atoms with Crippen LogP contribution < -0.4 is 25.2 Å². The fraction of sp³-hybridized carbons (Fsp3) is 0.360. The number of nitriles is 1. The minimum absolute atomic E-state index is 0.118. The first-order valence-electron chi connectivity index (χ1n) is 11.1. The third-order valence-electron chi connectivity index (χ3n) is 6.11. The van der Waals surface area contributed by atoms with Gasteiger partial charge >= 0.3 is 0 Å². The molecule has 0 aliphatic carbocycles. The Bertz CT molecular complexity index is 1190. The molecular formula is C25H28BrN5O4. The molecule has 10 heteroatoms. The Morgan fingerprint density at radius 1 is 1.23 bits per heavy atom. The zero-order valence-corrected chi connectivity index (χ0v) is 21.8. The van der Waals surface area contributed by atoms with Crippen LogP contribution in [0.1, 0.15) is 31.9 Å². The van der Waals surface area contributed by atoms with Gasteiger partial charge in [0.25, 0.3) is 5.91 Å². The lowest BCUT2D eigenvalue weighted by molar-refractivity contribution is -0.129. The Morgan fingerprint density at radius 3 is 2.54 bits per heavy atom. The molecule has 184 valence electrons. The second kappa shape index (κ2) is 10.9. The summed E-state index contributed by atoms with van der Waals surface area (Å²) in [5.41, 5.74) is 1.95. The van der Waals surface area contributed by atoms with Crippen LogP contribution in [0.3, 0.4) is 0 Å². The van der Waals surface area contributed by atoms with Gasteiger partial charge in [0, 0.05) is 17.0 Å². The van der Waals surface area contributed by atoms with E-state index in [-0.39, 0.29) is 24.3 Å². The molecule has 1 aliphatic rings. The highest BCUT2D eigenvalue weighted by Crippen LogP contribution is 2.38. The smallest absolute Gasteiger partial charge is 0.252 e. The Hall–Kier alpha value is -3.42. The average Bonchev–Trinajstić information content (AvgIpc) is 2.91. The number of carbonyl (C=O) groups excluding carboxylic acids is 3. The molecule has 0 fully saturated rings. The molecule has 0 radical (unpaired) electrons. The van der Waals surface area contributed by atoms with Crippen LogP contribution in [0.2, 0.25) is 0 Å². The first kappa shape index (κ1) is 26.2. The largest absolute Gasteiger partial charge is 0.496 e. The van der Waals surface area contributed by atoms with Crippen molar-refractivity contribution in [2.45, 2.75) is 45.4 Å². The standard InChI is InChI=1S/C25H28BrN5O4/c1-14(28-4)24(33)29-23-15(2)31(16(3)32)21-10-17(12-27)6-8-20(21)30(25(23)34)13-18-11-19(26)7-9-22(18)35-5/h6-11,14-15,23,28H,13H2,1-5H3,(H,29,33)/t14?,15-,23-/m0/s1. The van der Waals surface area contributed by atoms with Gasteiger partial charge in [-0.3, -0.25) is 14.4 Å². The van der Waals surface area contributed by atoms with Crippen molar-refractivity contribution in [3.05, 3.63) is 52.0 Å². The summed E-state index contributed by atoms with van der Waals surface area (Å²) in [7, 11) is 3.20. The van der Waals surface area contributed by atoms with Crippen LogP contribution in [-0.2, 0) is 20.9 Å². The number of nitrogens with one attached hydrogen (secondary N) is 2. The molecule has 3 rings (SSSR count). The van der Waals surface area contributed by atoms with Crippen LogP contribution in [0.4, 0.5) is 11.4 Å². The van der Waals surface area contributed by atoms with E-state index in [9.17, 15) is 19.6 Å². The minimum Gasteiger partial charge on any atom is -0.496 e. The van der Waals surface area contributed by atoms with E-state index in [1.807, 2.05) is 12.1 Å². The molecule has 1 unspecified atom stereocenters. The molecule has 0 aromatic heterocycles. The number of nitrogens with zero attached hydrogens (tertiary/aromatic N) is 3. The highest BCUT2D eigenvalue weighted by Gasteiger charge is 2.42. The maximum Gasteiger partial charge on any atom is 0.252 e. The number of likely N-dealkylation sites (N-methyl/N-ethyl adjacent to an activating group) is 1. The summed E-state index contributed by atoms with van der Waals surface area (Å²) in [6, 6.07) is 10.1. The summed E-state index contributed by atoms with van der Waals surface area (Å²) >= 11 is 3.47. The zero-order valence-electron chi connectivity index (χ0n) is 20.3. The SMILES string of the molecule is CNC(C)C(=O)N[C@@H]1C(=O)N(Cc2cc(Br)ccc2OC)c2ccc(C#N)cc2N(C(C)=O)[C@H]1C. The Labute approximate surface area is 213 Å². The van der Waals surface area contributed by atoms with Crippen LogP contribution in [0.5, 0.6) is 5.75 Å². The third-order valence-corrected chi connectivity index (χ3v) is 6.60. The predicted molar refractivity (Wildman–Crippen MR) is 136 cm³/mol. The second-order valence-corrected chi connectivity index (χ2v) is 9.24. The van der Waals surface area contributed by atoms with E-state index in [4.69, 9.17) is 4.74 Å². The number of fused-ring (bicyclic) bond motifs is 1. The normalized spacial score (nSPS) is 18.3. The van der Waals surface area contributed by atoms with E-state index in [0.29, 0.717) is 22.7 Å². The molecule has 1 heterocycles. The number of ether oxygens (including phenoxy) is 1. The van der Waals surface area contributed by atoms with Crippen molar-refractivity contribution in [2.24, 2.45) is 0 Å². The molecule has 2 N–H and O–H groups in total. The van der Waals surface area contributed by atoms with Gasteiger partial charge in [-0.25, -0.2) is 0 Å². The van der Waals surface area contributed by atoms with Crippen LogP contribution in [0.25, 0.3) is 0 Å². The lowest BCUT2D eigenvalue weighted by Crippen LogP contribution is -2.59. The maximum absolute atomic E-state index is 14.0. The zero-order chi connectivity index (χ0) is 25.9. The van der Waals surface area contributed by atoms with Crippen molar-refractivity contribution < 1.29 is 19.1 Å². The van der Waals surface area contributed by atoms with Gasteiger partial charge < -0.3 is 25.2 Å². The Morgan fingerprint density at radius 2 is 1.94 bits per heavy atom. The molecule has 35 heavy (non-hydrogen) atoms. The molecule has 3 atom stereocenters. The van der Waals surface area contributed by atoms with E-state index >= 15 is 0 Å². The number of hydrogen-bond acceptors (Lipinski definition) is 6. The lowest BCUT2D eigenvalue weighted by atomic mass is 10.1. The number of hydrogen-bond donors (Lipinski definition) is 2. The molecular weight excluding hydrogens is 514 g/mol. The van der Waals surface area contributed by atoms with Crippen LogP contribution in [-0.4, -0.2) is 50.0 Å². The number of rotatable bonds is 6. The number of anilines is 2. The number of halogens is 1. The van der Waals surface area contributed by atoms with Crippen molar-refractivity contribution in [3.8, 4) is 11.8 Å². The van der Waals surface area contributed by atoms with Gasteiger partial charge in [0.2, 0.25) is 11.8 Å². The number of carbonyl (C=O) groups is 3. The maximum atomic E-state index is 14.0. The summed E-state index contributed by atoms with van der Waals surface area (Å²) in [4.78, 5) is 42.6. The van der Waals surface area contributed by atoms with Gasteiger partial charge in [-0.15, -0.1) is 0 Å². The molecule has 2 aromatic rings. The summed E-state index contributed by atoms with van der Waals surface area (Å²) in [5.74, 6) is -0.485. The molecule has 0 saturated heterocycles. The predicted octanol–water partition coefficient (Wildman–Crippen LogP) is 2.71. The van der Waals surface area contributed by atoms with E-state index < -0.39 is 18.1 Å². The molecule has 3 amide bonds. The quantitative estimate of drug-likeness (QED) is 0.581. The van der Waals surface area contributed by atoms with Crippen molar-refractivity contribution in [1.29, 1.82) is 5.26 Å². The fourth-order valence-corrected chi connectivity index (χ4v) is 4.54. The lowest BCUT2D eigenvalue weighted by Gasteiger charge is -2.32. The molecule has 2 aromatic carbocycles. The Balaban J connectivity index is 2.21. The summed E-state index contributed by atoms with van der Waals surface area (Å²) in [6.45, 7) is 4.90. The number of methoxy groups -OCH3 is 1. The van der Waals surface area contributed by atoms with Gasteiger partial charge in [-0.05, 0) is 57.3 Å². The van der Waals surface area contributed by atoms with Crippen LogP contribution in [0.15, 0.2) is 40.9 Å². The highest BCUT2D eigenvalue weighted by atomic mass is 79.9. The highest BCUT2D eigenvalue weighted by molar-refractivity contribution is 9.10. The van der Waals surface area contributed by atoms with Gasteiger partial charge in [0.05, 0.1) is 48.7 Å². The summed E-state index contributed by atoms with van der Waals surface area (Å²) in [6.07, 6.45) is 0. The topological polar surface area (TPSA) is 115 Å². The van der Waals surface area contributed by atoms with Crippen molar-refractivity contribution in [2.75, 3.05) is 24.0 Å². The fourth-order valence-electron chi connectivity index (χ4n) is 4.13. The molecule has 1 aliphatic heterocycles. The minimum atomic E-state index is -1.03. The third kappa shape index (κ3) is 5.31. The molecule has 9 nitrogen and oxygen atoms in total. The monoisotopic (exact) mass is 541 g/mol. The molecule has 0 saturated carbocycles. The number of amides is 3. The van der Waals surface area contributed by atoms with E-state index in [2.05, 4.69) is 32.6 Å². The van der Waals surface area contributed by atoms with E-state index in [1.165, 1.54) is 16.7 Å². The van der Waals surface area contributed by atoms with Crippen molar-refractivity contribution in [1.82, 2.24) is 10.6 Å². The Kier molecular flexibility index (Phi) is 8.14. The number of benzene rings is 2. The van der Waals surface area contributed by atoms with Crippen molar-refractivity contribution >= 4 is 45.0 Å². The van der Waals surface area contributed by atoms with Crippen molar-refractivity contribution in [3.63, 3.8) is 0 Å². The van der Waals surface area contributed by atoms with Gasteiger partial charge in [0.15, 0.2) is 0 Å².